The van der Waals surface area contributed by atoms with Crippen molar-refractivity contribution in [1.82, 2.24) is 0 Å². The van der Waals surface area contributed by atoms with E-state index in [9.17, 15) is 4.79 Å². The molecule has 0 spiro atoms. The molecule has 2 atom stereocenters. The first-order valence-electron chi connectivity index (χ1n) is 4.17. The van der Waals surface area contributed by atoms with Gasteiger partial charge >= 0.3 is 0 Å². The van der Waals surface area contributed by atoms with Crippen LogP contribution in [-0.2, 0) is 4.79 Å². The first-order valence-corrected chi connectivity index (χ1v) is 4.17. The Balaban J connectivity index is 3.82. The van der Waals surface area contributed by atoms with Gasteiger partial charge in [0.05, 0.1) is 0 Å². The van der Waals surface area contributed by atoms with E-state index in [4.69, 9.17) is 0 Å². The van der Waals surface area contributed by atoms with Gasteiger partial charge in [-0.2, -0.15) is 0 Å². The smallest absolute Gasteiger partial charge is 0.138 e. The van der Waals surface area contributed by atoms with Crippen LogP contribution in [0.5, 0.6) is 0 Å². The van der Waals surface area contributed by atoms with E-state index < -0.39 is 0 Å². The molecule has 2 unspecified atom stereocenters. The van der Waals surface area contributed by atoms with Gasteiger partial charge in [0.1, 0.15) is 5.78 Å². The molecule has 10 heavy (non-hydrogen) atoms. The maximum absolute atomic E-state index is 11.3. The van der Waals surface area contributed by atoms with Gasteiger partial charge < -0.3 is 0 Å². The van der Waals surface area contributed by atoms with E-state index in [0.717, 1.165) is 12.8 Å². The minimum Gasteiger partial charge on any atom is -0.299 e. The van der Waals surface area contributed by atoms with Crippen LogP contribution in [-0.4, -0.2) is 5.78 Å². The van der Waals surface area contributed by atoms with Crippen molar-refractivity contribution in [1.29, 1.82) is 0 Å². The Labute approximate surface area is 63.8 Å². The second-order valence-corrected chi connectivity index (χ2v) is 3.02. The van der Waals surface area contributed by atoms with Gasteiger partial charge in [-0.15, -0.1) is 0 Å². The summed E-state index contributed by atoms with van der Waals surface area (Å²) in [6.07, 6.45) is 1.95. The number of rotatable bonds is 4. The Hall–Kier alpha value is -0.330. The van der Waals surface area contributed by atoms with E-state index in [1.54, 1.807) is 0 Å². The third-order valence-electron chi connectivity index (χ3n) is 2.20. The molecule has 0 radical (unpaired) electrons. The topological polar surface area (TPSA) is 17.1 Å². The summed E-state index contributed by atoms with van der Waals surface area (Å²) in [5.41, 5.74) is 0. The summed E-state index contributed by atoms with van der Waals surface area (Å²) in [7, 11) is 0. The van der Waals surface area contributed by atoms with Crippen LogP contribution >= 0.6 is 0 Å². The molecule has 0 heterocycles. The number of carbonyl (C=O) groups is 1. The van der Waals surface area contributed by atoms with Crippen molar-refractivity contribution >= 4 is 5.78 Å². The molecule has 0 N–H and O–H groups in total. The third kappa shape index (κ3) is 2.51. The van der Waals surface area contributed by atoms with Crippen LogP contribution in [0.1, 0.15) is 40.5 Å². The quantitative estimate of drug-likeness (QED) is 0.589. The molecule has 0 aromatic heterocycles. The summed E-state index contributed by atoms with van der Waals surface area (Å²) >= 11 is 0. The van der Waals surface area contributed by atoms with Crippen molar-refractivity contribution in [3.8, 4) is 0 Å². The average molecular weight is 142 g/mol. The van der Waals surface area contributed by atoms with Gasteiger partial charge in [0, 0.05) is 11.8 Å². The molecule has 0 aliphatic carbocycles. The second-order valence-electron chi connectivity index (χ2n) is 3.02. The molecule has 0 aliphatic heterocycles. The minimum absolute atomic E-state index is 0.259. The molecule has 0 aromatic carbocycles. The van der Waals surface area contributed by atoms with Crippen molar-refractivity contribution in [3.05, 3.63) is 0 Å². The van der Waals surface area contributed by atoms with Crippen LogP contribution in [0.2, 0.25) is 0 Å². The first-order chi connectivity index (χ1) is 4.63. The highest BCUT2D eigenvalue weighted by atomic mass is 16.1. The van der Waals surface area contributed by atoms with Crippen LogP contribution in [0.15, 0.2) is 0 Å². The maximum Gasteiger partial charge on any atom is 0.138 e. The molecular weight excluding hydrogens is 124 g/mol. The van der Waals surface area contributed by atoms with Crippen LogP contribution in [0.4, 0.5) is 0 Å². The molecule has 0 aromatic rings. The van der Waals surface area contributed by atoms with Gasteiger partial charge in [-0.05, 0) is 12.8 Å². The number of ketones is 1. The van der Waals surface area contributed by atoms with Crippen LogP contribution in [0.3, 0.4) is 0 Å². The molecule has 0 saturated carbocycles. The summed E-state index contributed by atoms with van der Waals surface area (Å²) in [5, 5.41) is 0. The van der Waals surface area contributed by atoms with Crippen LogP contribution < -0.4 is 0 Å². The lowest BCUT2D eigenvalue weighted by molar-refractivity contribution is -0.125. The summed E-state index contributed by atoms with van der Waals surface area (Å²) in [6, 6.07) is 0. The summed E-state index contributed by atoms with van der Waals surface area (Å²) in [5.74, 6) is 0.940. The van der Waals surface area contributed by atoms with Gasteiger partial charge in [-0.25, -0.2) is 0 Å². The zero-order valence-electron chi connectivity index (χ0n) is 7.48. The molecule has 1 nitrogen and oxygen atoms in total. The summed E-state index contributed by atoms with van der Waals surface area (Å²) in [6.45, 7) is 8.14. The van der Waals surface area contributed by atoms with E-state index in [-0.39, 0.29) is 11.8 Å². The van der Waals surface area contributed by atoms with Crippen LogP contribution in [0.25, 0.3) is 0 Å². The molecule has 0 fully saturated rings. The lowest BCUT2D eigenvalue weighted by Gasteiger charge is -2.11. The second kappa shape index (κ2) is 4.48. The number of Topliss-reactive ketones (excluding diaryl/α,β-unsaturated/α-hetero) is 1. The SMILES string of the molecule is CCC(C)C(=O)C(C)CC. The molecule has 0 saturated heterocycles. The predicted octanol–water partition coefficient (Wildman–Crippen LogP) is 2.65. The molecule has 1 heteroatoms. The Kier molecular flexibility index (Phi) is 4.33. The van der Waals surface area contributed by atoms with Crippen molar-refractivity contribution in [3.63, 3.8) is 0 Å². The highest BCUT2D eigenvalue weighted by Gasteiger charge is 2.15. The normalized spacial score (nSPS) is 16.4. The van der Waals surface area contributed by atoms with Crippen molar-refractivity contribution < 1.29 is 4.79 Å². The fourth-order valence-corrected chi connectivity index (χ4v) is 0.888. The fourth-order valence-electron chi connectivity index (χ4n) is 0.888. The minimum atomic E-state index is 0.259. The van der Waals surface area contributed by atoms with Crippen molar-refractivity contribution in [2.75, 3.05) is 0 Å². The zero-order valence-corrected chi connectivity index (χ0v) is 7.48. The lowest BCUT2D eigenvalue weighted by atomic mass is 9.92. The maximum atomic E-state index is 11.3. The van der Waals surface area contributed by atoms with E-state index in [0.29, 0.717) is 5.78 Å². The predicted molar refractivity (Wildman–Crippen MR) is 43.9 cm³/mol. The first kappa shape index (κ1) is 9.67. The standard InChI is InChI=1S/C9H18O/c1-5-7(3)9(10)8(4)6-2/h7-8H,5-6H2,1-4H3. The van der Waals surface area contributed by atoms with Crippen molar-refractivity contribution in [2.24, 2.45) is 11.8 Å². The van der Waals surface area contributed by atoms with Gasteiger partial charge in [0.2, 0.25) is 0 Å². The lowest BCUT2D eigenvalue weighted by Crippen LogP contribution is -2.17. The molecule has 60 valence electrons. The third-order valence-corrected chi connectivity index (χ3v) is 2.20. The van der Waals surface area contributed by atoms with E-state index in [1.165, 1.54) is 0 Å². The number of hydrogen-bond donors (Lipinski definition) is 0. The summed E-state index contributed by atoms with van der Waals surface area (Å²) in [4.78, 5) is 11.3. The molecule has 0 bridgehead atoms. The average Bonchev–Trinajstić information content (AvgIpc) is 2.00. The zero-order chi connectivity index (χ0) is 8.15. The van der Waals surface area contributed by atoms with E-state index in [1.807, 2.05) is 13.8 Å². The number of carbonyl (C=O) groups excluding carboxylic acids is 1. The van der Waals surface area contributed by atoms with Gasteiger partial charge in [0.25, 0.3) is 0 Å². The molecule has 0 aliphatic rings. The van der Waals surface area contributed by atoms with E-state index in [2.05, 4.69) is 13.8 Å². The number of hydrogen-bond acceptors (Lipinski definition) is 1. The van der Waals surface area contributed by atoms with Gasteiger partial charge in [-0.3, -0.25) is 4.79 Å². The van der Waals surface area contributed by atoms with Crippen LogP contribution in [0, 0.1) is 11.8 Å². The Morgan fingerprint density at radius 1 is 1.10 bits per heavy atom. The Morgan fingerprint density at radius 2 is 1.40 bits per heavy atom. The van der Waals surface area contributed by atoms with Crippen molar-refractivity contribution in [2.45, 2.75) is 40.5 Å². The molecule has 0 rings (SSSR count). The monoisotopic (exact) mass is 142 g/mol. The fraction of sp³-hybridized carbons (Fsp3) is 0.889. The Morgan fingerprint density at radius 3 is 1.60 bits per heavy atom. The van der Waals surface area contributed by atoms with Gasteiger partial charge in [-0.1, -0.05) is 27.7 Å². The molecule has 0 amide bonds. The molecular formula is C9H18O. The highest BCUT2D eigenvalue weighted by Crippen LogP contribution is 2.12. The van der Waals surface area contributed by atoms with E-state index >= 15 is 0 Å². The highest BCUT2D eigenvalue weighted by molar-refractivity contribution is 5.82. The largest absolute Gasteiger partial charge is 0.299 e. The summed E-state index contributed by atoms with van der Waals surface area (Å²) < 4.78 is 0. The Bertz CT molecular complexity index is 95.3. The van der Waals surface area contributed by atoms with Gasteiger partial charge in [0.15, 0.2) is 0 Å².